The number of rotatable bonds is 0. The lowest BCUT2D eigenvalue weighted by Crippen LogP contribution is -2.30. The van der Waals surface area contributed by atoms with E-state index in [0.717, 1.165) is 0 Å². The largest absolute Gasteiger partial charge is 0.419 e. The van der Waals surface area contributed by atoms with Crippen LogP contribution in [0.4, 0.5) is 61.5 Å². The predicted octanol–water partition coefficient (Wildman–Crippen LogP) is 6.04. The van der Waals surface area contributed by atoms with E-state index in [1.54, 1.807) is 0 Å². The van der Waals surface area contributed by atoms with Gasteiger partial charge in [-0.2, -0.15) is 52.7 Å². The van der Waals surface area contributed by atoms with Crippen LogP contribution in [0.5, 0.6) is 0 Å². The van der Waals surface area contributed by atoms with Gasteiger partial charge in [0.15, 0.2) is 11.6 Å². The molecular weight excluding hydrogens is 386 g/mol. The first-order chi connectivity index (χ1) is 10.3. The van der Waals surface area contributed by atoms with Crippen molar-refractivity contribution in [3.63, 3.8) is 0 Å². The zero-order valence-electron chi connectivity index (χ0n) is 10.3. The molecule has 138 valence electrons. The van der Waals surface area contributed by atoms with Crippen molar-refractivity contribution in [2.45, 2.75) is 24.7 Å². The summed E-state index contributed by atoms with van der Waals surface area (Å²) in [5, 5.41) is 0. The van der Waals surface area contributed by atoms with Crippen LogP contribution in [-0.2, 0) is 24.7 Å². The second-order valence-corrected chi connectivity index (χ2v) is 4.12. The van der Waals surface area contributed by atoms with Crippen molar-refractivity contribution in [2.75, 3.05) is 0 Å². The Bertz CT molecular complexity index is 581. The predicted molar refractivity (Wildman–Crippen MR) is 46.4 cm³/mol. The third-order valence-electron chi connectivity index (χ3n) is 2.52. The van der Waals surface area contributed by atoms with Crippen molar-refractivity contribution in [1.82, 2.24) is 0 Å². The fourth-order valence-corrected chi connectivity index (χ4v) is 1.79. The molecule has 0 aliphatic heterocycles. The SMILES string of the molecule is Fc1c(F)c(C(F)(F)F)c(C(F)(F)F)c(C(F)(F)F)c1C(F)(F)F. The van der Waals surface area contributed by atoms with Crippen molar-refractivity contribution in [3.05, 3.63) is 33.9 Å². The maximum Gasteiger partial charge on any atom is 0.419 e. The Balaban J connectivity index is 4.34. The molecule has 0 heterocycles. The Labute approximate surface area is 121 Å². The van der Waals surface area contributed by atoms with E-state index in [1.807, 2.05) is 0 Å². The third-order valence-corrected chi connectivity index (χ3v) is 2.52. The van der Waals surface area contributed by atoms with Crippen LogP contribution in [0.2, 0.25) is 0 Å². The van der Waals surface area contributed by atoms with Crippen LogP contribution in [0.3, 0.4) is 0 Å². The summed E-state index contributed by atoms with van der Waals surface area (Å²) in [6.45, 7) is 0. The molecule has 1 aromatic carbocycles. The highest BCUT2D eigenvalue weighted by Gasteiger charge is 2.58. The number of halogens is 14. The molecule has 0 aromatic heterocycles. The summed E-state index contributed by atoms with van der Waals surface area (Å²) in [6.07, 6.45) is -26.5. The highest BCUT2D eigenvalue weighted by molar-refractivity contribution is 5.49. The molecule has 14 heteroatoms. The molecular formula is C10F14. The molecule has 0 N–H and O–H groups in total. The molecule has 24 heavy (non-hydrogen) atoms. The van der Waals surface area contributed by atoms with Gasteiger partial charge < -0.3 is 0 Å². The van der Waals surface area contributed by atoms with Crippen molar-refractivity contribution >= 4 is 0 Å². The van der Waals surface area contributed by atoms with Gasteiger partial charge in [0.1, 0.15) is 11.1 Å². The van der Waals surface area contributed by atoms with Crippen LogP contribution >= 0.6 is 0 Å². The van der Waals surface area contributed by atoms with Gasteiger partial charge in [-0.25, -0.2) is 8.78 Å². The molecule has 0 radical (unpaired) electrons. The molecule has 1 aromatic rings. The monoisotopic (exact) mass is 386 g/mol. The van der Waals surface area contributed by atoms with Gasteiger partial charge in [0, 0.05) is 0 Å². The molecule has 0 nitrogen and oxygen atoms in total. The van der Waals surface area contributed by atoms with Crippen LogP contribution < -0.4 is 0 Å². The van der Waals surface area contributed by atoms with Crippen molar-refractivity contribution in [2.24, 2.45) is 0 Å². The van der Waals surface area contributed by atoms with Gasteiger partial charge in [-0.1, -0.05) is 0 Å². The van der Waals surface area contributed by atoms with E-state index in [4.69, 9.17) is 0 Å². The lowest BCUT2D eigenvalue weighted by atomic mass is 9.92. The fourth-order valence-electron chi connectivity index (χ4n) is 1.79. The highest BCUT2D eigenvalue weighted by Crippen LogP contribution is 2.52. The molecule has 0 bridgehead atoms. The smallest absolute Gasteiger partial charge is 0.203 e. The average Bonchev–Trinajstić information content (AvgIpc) is 2.25. The summed E-state index contributed by atoms with van der Waals surface area (Å²) >= 11 is 0. The van der Waals surface area contributed by atoms with Gasteiger partial charge in [0.25, 0.3) is 0 Å². The Morgan fingerprint density at radius 3 is 0.625 bits per heavy atom. The minimum atomic E-state index is -6.72. The van der Waals surface area contributed by atoms with E-state index in [1.165, 1.54) is 0 Å². The Kier molecular flexibility index (Phi) is 4.54. The maximum absolute atomic E-state index is 13.2. The van der Waals surface area contributed by atoms with E-state index in [9.17, 15) is 61.5 Å². The topological polar surface area (TPSA) is 0 Å². The van der Waals surface area contributed by atoms with Gasteiger partial charge in [0.2, 0.25) is 0 Å². The highest BCUT2D eigenvalue weighted by atomic mass is 19.4. The summed E-state index contributed by atoms with van der Waals surface area (Å²) < 4.78 is 177. The van der Waals surface area contributed by atoms with Crippen molar-refractivity contribution < 1.29 is 61.5 Å². The number of alkyl halides is 12. The molecule has 0 saturated heterocycles. The standard InChI is InChI=1S/C10F14/c11-5-3(9(19,20)21)1(7(13,14)15)2(8(16,17)18)4(6(5)12)10(22,23)24. The van der Waals surface area contributed by atoms with Crippen LogP contribution in [0.15, 0.2) is 0 Å². The molecule has 0 unspecified atom stereocenters. The van der Waals surface area contributed by atoms with Gasteiger partial charge >= 0.3 is 24.7 Å². The van der Waals surface area contributed by atoms with E-state index in [2.05, 4.69) is 0 Å². The number of hydrogen-bond acceptors (Lipinski definition) is 0. The van der Waals surface area contributed by atoms with Crippen LogP contribution in [0.1, 0.15) is 22.3 Å². The first-order valence-electron chi connectivity index (χ1n) is 5.15. The Morgan fingerprint density at radius 1 is 0.333 bits per heavy atom. The van der Waals surface area contributed by atoms with E-state index in [-0.39, 0.29) is 0 Å². The second kappa shape index (κ2) is 5.37. The van der Waals surface area contributed by atoms with Crippen LogP contribution in [-0.4, -0.2) is 0 Å². The van der Waals surface area contributed by atoms with Gasteiger partial charge in [-0.3, -0.25) is 0 Å². The summed E-state index contributed by atoms with van der Waals surface area (Å²) in [6, 6.07) is 0. The van der Waals surface area contributed by atoms with Crippen molar-refractivity contribution in [1.29, 1.82) is 0 Å². The molecule has 0 saturated carbocycles. The minimum absolute atomic E-state index is 3.74. The van der Waals surface area contributed by atoms with Gasteiger partial charge in [-0.15, -0.1) is 0 Å². The van der Waals surface area contributed by atoms with E-state index >= 15 is 0 Å². The van der Waals surface area contributed by atoms with Crippen LogP contribution in [0, 0.1) is 11.6 Å². The quantitative estimate of drug-likeness (QED) is 0.477. The summed E-state index contributed by atoms with van der Waals surface area (Å²) in [5.74, 6) is -7.48. The summed E-state index contributed by atoms with van der Waals surface area (Å²) in [7, 11) is 0. The van der Waals surface area contributed by atoms with E-state index < -0.39 is 58.6 Å². The molecule has 0 aliphatic carbocycles. The summed E-state index contributed by atoms with van der Waals surface area (Å²) in [4.78, 5) is 0. The summed E-state index contributed by atoms with van der Waals surface area (Å²) in [5.41, 5.74) is -15.7. The zero-order valence-corrected chi connectivity index (χ0v) is 10.3. The maximum atomic E-state index is 13.2. The fraction of sp³-hybridized carbons (Fsp3) is 0.400. The average molecular weight is 386 g/mol. The van der Waals surface area contributed by atoms with Crippen molar-refractivity contribution in [3.8, 4) is 0 Å². The normalized spacial score (nSPS) is 14.2. The van der Waals surface area contributed by atoms with Gasteiger partial charge in [0.05, 0.1) is 11.1 Å². The molecule has 0 aliphatic rings. The number of benzene rings is 1. The first kappa shape index (κ1) is 20.3. The third kappa shape index (κ3) is 3.50. The Morgan fingerprint density at radius 2 is 0.500 bits per heavy atom. The molecule has 0 amide bonds. The minimum Gasteiger partial charge on any atom is -0.203 e. The first-order valence-corrected chi connectivity index (χ1v) is 5.15. The van der Waals surface area contributed by atoms with Gasteiger partial charge in [-0.05, 0) is 0 Å². The molecule has 0 atom stereocenters. The number of hydrogen-bond donors (Lipinski definition) is 0. The Hall–Kier alpha value is -1.76. The molecule has 0 fully saturated rings. The van der Waals surface area contributed by atoms with E-state index in [0.29, 0.717) is 0 Å². The lowest BCUT2D eigenvalue weighted by molar-refractivity contribution is -0.185. The molecule has 0 spiro atoms. The second-order valence-electron chi connectivity index (χ2n) is 4.12. The lowest BCUT2D eigenvalue weighted by Gasteiger charge is -2.25. The zero-order chi connectivity index (χ0) is 19.5. The van der Waals surface area contributed by atoms with Crippen LogP contribution in [0.25, 0.3) is 0 Å². The molecule has 1 rings (SSSR count).